The molecule has 1 saturated carbocycles. The minimum Gasteiger partial charge on any atom is -0.480 e. The second-order valence-electron chi connectivity index (χ2n) is 6.30. The van der Waals surface area contributed by atoms with Crippen LogP contribution in [-0.4, -0.2) is 45.6 Å². The molecule has 2 N–H and O–H groups in total. The fraction of sp³-hybridized carbons (Fsp3) is 0.600. The number of hydrogen-bond acceptors (Lipinski definition) is 5. The maximum Gasteiger partial charge on any atom is 0.329 e. The molecule has 0 bridgehead atoms. The van der Waals surface area contributed by atoms with Gasteiger partial charge in [-0.05, 0) is 38.5 Å². The van der Waals surface area contributed by atoms with Gasteiger partial charge in [0, 0.05) is 13.1 Å². The minimum atomic E-state index is -1.29. The molecule has 0 unspecified atom stereocenters. The van der Waals surface area contributed by atoms with Crippen molar-refractivity contribution in [1.82, 2.24) is 15.3 Å². The monoisotopic (exact) mass is 338 g/mol. The lowest BCUT2D eigenvalue weighted by Gasteiger charge is -2.26. The first kappa shape index (κ1) is 16.0. The Morgan fingerprint density at radius 2 is 2.04 bits per heavy atom. The lowest BCUT2D eigenvalue weighted by Crippen LogP contribution is -2.54. The molecule has 2 aliphatic rings. The molecule has 1 atom stereocenters. The van der Waals surface area contributed by atoms with Crippen molar-refractivity contribution in [2.75, 3.05) is 18.0 Å². The molecule has 124 valence electrons. The number of rotatable bonds is 5. The van der Waals surface area contributed by atoms with Crippen LogP contribution in [0.15, 0.2) is 6.20 Å². The van der Waals surface area contributed by atoms with E-state index in [4.69, 9.17) is 11.6 Å². The molecule has 7 nitrogen and oxygen atoms in total. The van der Waals surface area contributed by atoms with E-state index in [9.17, 15) is 14.7 Å². The number of carbonyl (C=O) groups is 2. The smallest absolute Gasteiger partial charge is 0.329 e. The predicted octanol–water partition coefficient (Wildman–Crippen LogP) is 1.71. The summed E-state index contributed by atoms with van der Waals surface area (Å²) in [7, 11) is 0. The number of nitrogens with zero attached hydrogens (tertiary/aromatic N) is 3. The molecule has 0 radical (unpaired) electrons. The molecule has 1 aromatic rings. The maximum atomic E-state index is 12.5. The average Bonchev–Trinajstić information content (AvgIpc) is 3.23. The number of carboxylic acid groups (broad SMARTS) is 1. The predicted molar refractivity (Wildman–Crippen MR) is 84.7 cm³/mol. The summed E-state index contributed by atoms with van der Waals surface area (Å²) in [4.78, 5) is 34.5. The highest BCUT2D eigenvalue weighted by molar-refractivity contribution is 6.33. The molecule has 0 aromatic carbocycles. The zero-order valence-electron chi connectivity index (χ0n) is 12.9. The van der Waals surface area contributed by atoms with E-state index in [1.54, 1.807) is 0 Å². The molecule has 8 heteroatoms. The fourth-order valence-corrected chi connectivity index (χ4v) is 3.05. The first-order valence-corrected chi connectivity index (χ1v) is 8.13. The van der Waals surface area contributed by atoms with E-state index in [1.807, 2.05) is 4.90 Å². The van der Waals surface area contributed by atoms with Gasteiger partial charge in [-0.2, -0.15) is 0 Å². The van der Waals surface area contributed by atoms with Gasteiger partial charge in [0.1, 0.15) is 5.54 Å². The van der Waals surface area contributed by atoms with Gasteiger partial charge in [0.15, 0.2) is 5.69 Å². The van der Waals surface area contributed by atoms with Crippen molar-refractivity contribution in [2.45, 2.75) is 38.1 Å². The normalized spacial score (nSPS) is 20.2. The van der Waals surface area contributed by atoms with Crippen molar-refractivity contribution in [1.29, 1.82) is 0 Å². The molecular weight excluding hydrogens is 320 g/mol. The van der Waals surface area contributed by atoms with E-state index in [2.05, 4.69) is 15.3 Å². The molecular formula is C15H19ClN4O3. The highest BCUT2D eigenvalue weighted by Crippen LogP contribution is 2.40. The Kier molecular flexibility index (Phi) is 4.14. The first-order valence-electron chi connectivity index (χ1n) is 7.75. The Hall–Kier alpha value is -1.89. The van der Waals surface area contributed by atoms with Crippen LogP contribution in [-0.2, 0) is 4.79 Å². The highest BCUT2D eigenvalue weighted by atomic mass is 35.5. The molecule has 1 saturated heterocycles. The number of hydrogen-bond donors (Lipinski definition) is 2. The molecule has 1 aliphatic heterocycles. The van der Waals surface area contributed by atoms with Gasteiger partial charge in [-0.1, -0.05) is 11.6 Å². The number of aliphatic carboxylic acids is 1. The number of carboxylic acids is 1. The van der Waals surface area contributed by atoms with Crippen molar-refractivity contribution >= 4 is 29.4 Å². The van der Waals surface area contributed by atoms with Gasteiger partial charge < -0.3 is 15.3 Å². The molecule has 2 heterocycles. The van der Waals surface area contributed by atoms with Crippen LogP contribution in [0.5, 0.6) is 0 Å². The van der Waals surface area contributed by atoms with Crippen molar-refractivity contribution in [3.05, 3.63) is 16.9 Å². The van der Waals surface area contributed by atoms with E-state index in [-0.39, 0.29) is 16.6 Å². The quantitative estimate of drug-likeness (QED) is 0.848. The zero-order valence-corrected chi connectivity index (χ0v) is 13.6. The van der Waals surface area contributed by atoms with Crippen LogP contribution in [0.4, 0.5) is 5.95 Å². The summed E-state index contributed by atoms with van der Waals surface area (Å²) in [6.07, 6.45) is 5.10. The minimum absolute atomic E-state index is 0.0247. The van der Waals surface area contributed by atoms with Gasteiger partial charge in [-0.25, -0.2) is 14.8 Å². The third kappa shape index (κ3) is 3.10. The Morgan fingerprint density at radius 3 is 2.61 bits per heavy atom. The molecule has 3 rings (SSSR count). The Labute approximate surface area is 139 Å². The van der Waals surface area contributed by atoms with Crippen LogP contribution in [0, 0.1) is 5.92 Å². The molecule has 1 aromatic heterocycles. The number of amides is 1. The largest absolute Gasteiger partial charge is 0.480 e. The number of nitrogens with one attached hydrogen (secondary N) is 1. The summed E-state index contributed by atoms with van der Waals surface area (Å²) < 4.78 is 0. The van der Waals surface area contributed by atoms with E-state index < -0.39 is 17.4 Å². The van der Waals surface area contributed by atoms with Crippen LogP contribution in [0.1, 0.15) is 43.1 Å². The molecule has 0 spiro atoms. The second kappa shape index (κ2) is 5.96. The number of anilines is 1. The van der Waals surface area contributed by atoms with Crippen LogP contribution >= 0.6 is 11.6 Å². The van der Waals surface area contributed by atoms with E-state index in [0.717, 1.165) is 38.8 Å². The summed E-state index contributed by atoms with van der Waals surface area (Å²) >= 11 is 6.05. The van der Waals surface area contributed by atoms with Gasteiger partial charge in [-0.15, -0.1) is 0 Å². The lowest BCUT2D eigenvalue weighted by molar-refractivity contribution is -0.144. The van der Waals surface area contributed by atoms with Crippen LogP contribution < -0.4 is 10.2 Å². The standard InChI is InChI=1S/C15H19ClN4O3/c1-15(13(22)23,9-4-5-9)19-12(21)11-10(16)8-17-14(18-11)20-6-2-3-7-20/h8-9H,2-7H2,1H3,(H,19,21)(H,22,23)/t15-/m0/s1. The molecule has 1 aliphatic carbocycles. The summed E-state index contributed by atoms with van der Waals surface area (Å²) in [6, 6.07) is 0. The van der Waals surface area contributed by atoms with Crippen LogP contribution in [0.3, 0.4) is 0 Å². The van der Waals surface area contributed by atoms with Gasteiger partial charge in [0.05, 0.1) is 11.2 Å². The van der Waals surface area contributed by atoms with E-state index in [0.29, 0.717) is 5.95 Å². The zero-order chi connectivity index (χ0) is 16.6. The third-order valence-electron chi connectivity index (χ3n) is 4.55. The number of aromatic nitrogens is 2. The molecule has 23 heavy (non-hydrogen) atoms. The topological polar surface area (TPSA) is 95.4 Å². The van der Waals surface area contributed by atoms with Gasteiger partial charge >= 0.3 is 5.97 Å². The number of halogens is 1. The maximum absolute atomic E-state index is 12.5. The summed E-state index contributed by atoms with van der Waals surface area (Å²) in [5, 5.41) is 12.2. The summed E-state index contributed by atoms with van der Waals surface area (Å²) in [5.41, 5.74) is -1.27. The van der Waals surface area contributed by atoms with Crippen molar-refractivity contribution < 1.29 is 14.7 Å². The van der Waals surface area contributed by atoms with E-state index in [1.165, 1.54) is 13.1 Å². The third-order valence-corrected chi connectivity index (χ3v) is 4.82. The Balaban J connectivity index is 1.83. The summed E-state index contributed by atoms with van der Waals surface area (Å²) in [5.74, 6) is -1.21. The molecule has 2 fully saturated rings. The lowest BCUT2D eigenvalue weighted by atomic mass is 9.96. The van der Waals surface area contributed by atoms with Gasteiger partial charge in [0.25, 0.3) is 5.91 Å². The fourth-order valence-electron chi connectivity index (χ4n) is 2.87. The van der Waals surface area contributed by atoms with Gasteiger partial charge in [-0.3, -0.25) is 4.79 Å². The molecule has 1 amide bonds. The van der Waals surface area contributed by atoms with Crippen LogP contribution in [0.2, 0.25) is 5.02 Å². The Bertz CT molecular complexity index is 644. The number of carbonyl (C=O) groups excluding carboxylic acids is 1. The van der Waals surface area contributed by atoms with Gasteiger partial charge in [0.2, 0.25) is 5.95 Å². The van der Waals surface area contributed by atoms with Crippen molar-refractivity contribution in [2.24, 2.45) is 5.92 Å². The SMILES string of the molecule is C[C@@](NC(=O)c1nc(N2CCCC2)ncc1Cl)(C(=O)O)C1CC1. The van der Waals surface area contributed by atoms with Crippen molar-refractivity contribution in [3.8, 4) is 0 Å². The Morgan fingerprint density at radius 1 is 1.39 bits per heavy atom. The van der Waals surface area contributed by atoms with E-state index >= 15 is 0 Å². The first-order chi connectivity index (χ1) is 10.9. The van der Waals surface area contributed by atoms with Crippen LogP contribution in [0.25, 0.3) is 0 Å². The summed E-state index contributed by atoms with van der Waals surface area (Å²) in [6.45, 7) is 3.22. The van der Waals surface area contributed by atoms with Crippen molar-refractivity contribution in [3.63, 3.8) is 0 Å². The second-order valence-corrected chi connectivity index (χ2v) is 6.70. The highest BCUT2D eigenvalue weighted by Gasteiger charge is 2.49. The average molecular weight is 339 g/mol.